The third-order valence-corrected chi connectivity index (χ3v) is 2.47. The van der Waals surface area contributed by atoms with Gasteiger partial charge in [-0.3, -0.25) is 0 Å². The van der Waals surface area contributed by atoms with Crippen LogP contribution in [0, 0.1) is 0 Å². The maximum Gasteiger partial charge on any atom is 0.338 e. The van der Waals surface area contributed by atoms with Crippen molar-refractivity contribution in [3.05, 3.63) is 23.8 Å². The van der Waals surface area contributed by atoms with Crippen molar-refractivity contribution < 1.29 is 14.3 Å². The van der Waals surface area contributed by atoms with Gasteiger partial charge in [0.15, 0.2) is 0 Å². The molecule has 1 rings (SSSR count). The van der Waals surface area contributed by atoms with E-state index in [2.05, 4.69) is 5.32 Å². The molecule has 0 heterocycles. The Balaban J connectivity index is 2.54. The fourth-order valence-corrected chi connectivity index (χ4v) is 1.49. The average Bonchev–Trinajstić information content (AvgIpc) is 2.42. The minimum absolute atomic E-state index is 0.348. The van der Waals surface area contributed by atoms with Crippen molar-refractivity contribution in [1.82, 2.24) is 5.32 Å². The van der Waals surface area contributed by atoms with Crippen molar-refractivity contribution in [2.75, 3.05) is 32.0 Å². The smallest absolute Gasteiger partial charge is 0.338 e. The Morgan fingerprint density at radius 3 is 2.74 bits per heavy atom. The van der Waals surface area contributed by atoms with Crippen LogP contribution >= 0.6 is 0 Å². The number of esters is 1. The highest BCUT2D eigenvalue weighted by molar-refractivity contribution is 5.91. The summed E-state index contributed by atoms with van der Waals surface area (Å²) in [4.78, 5) is 11.7. The van der Waals surface area contributed by atoms with Gasteiger partial charge in [-0.25, -0.2) is 4.79 Å². The zero-order valence-electron chi connectivity index (χ0n) is 11.6. The summed E-state index contributed by atoms with van der Waals surface area (Å²) in [6, 6.07) is 4.95. The first-order chi connectivity index (χ1) is 9.19. The highest BCUT2D eigenvalue weighted by atomic mass is 16.5. The first-order valence-corrected chi connectivity index (χ1v) is 6.59. The number of benzene rings is 1. The minimum atomic E-state index is -0.369. The summed E-state index contributed by atoms with van der Waals surface area (Å²) in [6.45, 7) is 6.48. The monoisotopic (exact) mass is 266 g/mol. The number of carbonyl (C=O) groups is 1. The number of anilines is 1. The number of hydrogen-bond acceptors (Lipinski definition) is 5. The molecule has 19 heavy (non-hydrogen) atoms. The van der Waals surface area contributed by atoms with Crippen LogP contribution in [0.5, 0.6) is 5.75 Å². The van der Waals surface area contributed by atoms with Crippen LogP contribution in [0.15, 0.2) is 18.2 Å². The van der Waals surface area contributed by atoms with Crippen molar-refractivity contribution in [1.29, 1.82) is 0 Å². The van der Waals surface area contributed by atoms with Crippen LogP contribution in [0.3, 0.4) is 0 Å². The Bertz CT molecular complexity index is 408. The zero-order chi connectivity index (χ0) is 14.1. The van der Waals surface area contributed by atoms with E-state index in [4.69, 9.17) is 15.2 Å². The first kappa shape index (κ1) is 15.3. The molecule has 0 amide bonds. The van der Waals surface area contributed by atoms with E-state index in [0.29, 0.717) is 36.8 Å². The van der Waals surface area contributed by atoms with Crippen LogP contribution < -0.4 is 15.8 Å². The Hall–Kier alpha value is -1.75. The van der Waals surface area contributed by atoms with Gasteiger partial charge in [0.1, 0.15) is 12.4 Å². The molecule has 5 heteroatoms. The van der Waals surface area contributed by atoms with Crippen molar-refractivity contribution in [3.63, 3.8) is 0 Å². The molecule has 1 aromatic carbocycles. The molecule has 5 nitrogen and oxygen atoms in total. The molecular weight excluding hydrogens is 244 g/mol. The molecule has 0 spiro atoms. The van der Waals surface area contributed by atoms with E-state index in [9.17, 15) is 4.79 Å². The number of rotatable bonds is 8. The number of nitrogens with two attached hydrogens (primary N) is 1. The van der Waals surface area contributed by atoms with E-state index in [0.717, 1.165) is 13.0 Å². The van der Waals surface area contributed by atoms with Gasteiger partial charge in [-0.15, -0.1) is 0 Å². The van der Waals surface area contributed by atoms with Crippen LogP contribution in [0.4, 0.5) is 5.69 Å². The number of likely N-dealkylation sites (N-methyl/N-ethyl adjacent to an activating group) is 1. The molecular formula is C14H22N2O3. The van der Waals surface area contributed by atoms with Crippen LogP contribution in [-0.2, 0) is 4.74 Å². The van der Waals surface area contributed by atoms with Crippen molar-refractivity contribution in [2.24, 2.45) is 0 Å². The lowest BCUT2D eigenvalue weighted by molar-refractivity contribution is 0.0509. The van der Waals surface area contributed by atoms with Gasteiger partial charge < -0.3 is 20.5 Å². The van der Waals surface area contributed by atoms with E-state index in [1.54, 1.807) is 18.2 Å². The third-order valence-electron chi connectivity index (χ3n) is 2.47. The van der Waals surface area contributed by atoms with Crippen LogP contribution in [-0.4, -0.2) is 32.3 Å². The summed E-state index contributed by atoms with van der Waals surface area (Å²) in [5.41, 5.74) is 6.73. The quantitative estimate of drug-likeness (QED) is 0.426. The lowest BCUT2D eigenvalue weighted by atomic mass is 10.2. The van der Waals surface area contributed by atoms with Crippen molar-refractivity contribution >= 4 is 11.7 Å². The number of nitrogens with one attached hydrogen (secondary N) is 1. The van der Waals surface area contributed by atoms with E-state index < -0.39 is 0 Å². The number of hydrogen-bond donors (Lipinski definition) is 2. The highest BCUT2D eigenvalue weighted by Gasteiger charge is 2.09. The largest absolute Gasteiger partial charge is 0.491 e. The SMILES string of the molecule is CCCOc1ccc(C(=O)OCCNCC)cc1N. The minimum Gasteiger partial charge on any atom is -0.491 e. The molecule has 0 aliphatic carbocycles. The normalized spacial score (nSPS) is 10.2. The van der Waals surface area contributed by atoms with Crippen molar-refractivity contribution in [3.8, 4) is 5.75 Å². The molecule has 0 saturated heterocycles. The van der Waals surface area contributed by atoms with Gasteiger partial charge >= 0.3 is 5.97 Å². The molecule has 0 saturated carbocycles. The predicted octanol–water partition coefficient (Wildman–Crippen LogP) is 1.82. The Morgan fingerprint density at radius 2 is 2.11 bits per heavy atom. The van der Waals surface area contributed by atoms with Crippen molar-refractivity contribution in [2.45, 2.75) is 20.3 Å². The molecule has 0 fully saturated rings. The molecule has 0 radical (unpaired) electrons. The summed E-state index contributed by atoms with van der Waals surface area (Å²) >= 11 is 0. The molecule has 0 unspecified atom stereocenters. The van der Waals surface area contributed by atoms with Gasteiger partial charge in [-0.1, -0.05) is 13.8 Å². The van der Waals surface area contributed by atoms with E-state index in [1.807, 2.05) is 13.8 Å². The fourth-order valence-electron chi connectivity index (χ4n) is 1.49. The standard InChI is InChI=1S/C14H22N2O3/c1-3-8-18-13-6-5-11(10-12(13)15)14(17)19-9-7-16-4-2/h5-6,10,16H,3-4,7-9,15H2,1-2H3. The molecule has 0 aliphatic heterocycles. The lowest BCUT2D eigenvalue weighted by Crippen LogP contribution is -2.21. The van der Waals surface area contributed by atoms with Crippen LogP contribution in [0.2, 0.25) is 0 Å². The maximum atomic E-state index is 11.7. The molecule has 1 aromatic rings. The fraction of sp³-hybridized carbons (Fsp3) is 0.500. The highest BCUT2D eigenvalue weighted by Crippen LogP contribution is 2.23. The summed E-state index contributed by atoms with van der Waals surface area (Å²) < 4.78 is 10.6. The Kier molecular flexibility index (Phi) is 6.74. The average molecular weight is 266 g/mol. The molecule has 0 atom stereocenters. The summed E-state index contributed by atoms with van der Waals surface area (Å²) in [6.07, 6.45) is 0.910. The second-order valence-corrected chi connectivity index (χ2v) is 4.09. The zero-order valence-corrected chi connectivity index (χ0v) is 11.6. The Morgan fingerprint density at radius 1 is 1.32 bits per heavy atom. The van der Waals surface area contributed by atoms with E-state index in [-0.39, 0.29) is 5.97 Å². The molecule has 0 bridgehead atoms. The molecule has 0 aliphatic rings. The Labute approximate surface area is 114 Å². The van der Waals surface area contributed by atoms with Gasteiger partial charge in [0.2, 0.25) is 0 Å². The number of carbonyl (C=O) groups excluding carboxylic acids is 1. The second-order valence-electron chi connectivity index (χ2n) is 4.09. The number of nitrogen functional groups attached to an aromatic ring is 1. The summed E-state index contributed by atoms with van der Waals surface area (Å²) in [7, 11) is 0. The summed E-state index contributed by atoms with van der Waals surface area (Å²) in [5, 5.41) is 3.08. The second kappa shape index (κ2) is 8.37. The van der Waals surface area contributed by atoms with Gasteiger partial charge in [-0.05, 0) is 31.2 Å². The molecule has 0 aromatic heterocycles. The van der Waals surface area contributed by atoms with Gasteiger partial charge in [-0.2, -0.15) is 0 Å². The lowest BCUT2D eigenvalue weighted by Gasteiger charge is -2.09. The molecule has 106 valence electrons. The van der Waals surface area contributed by atoms with Gasteiger partial charge in [0, 0.05) is 6.54 Å². The summed E-state index contributed by atoms with van der Waals surface area (Å²) in [5.74, 6) is 0.234. The molecule has 3 N–H and O–H groups in total. The first-order valence-electron chi connectivity index (χ1n) is 6.59. The van der Waals surface area contributed by atoms with E-state index in [1.165, 1.54) is 0 Å². The predicted molar refractivity (Wildman–Crippen MR) is 75.5 cm³/mol. The van der Waals surface area contributed by atoms with E-state index >= 15 is 0 Å². The van der Waals surface area contributed by atoms with Crippen LogP contribution in [0.25, 0.3) is 0 Å². The third kappa shape index (κ3) is 5.18. The topological polar surface area (TPSA) is 73.6 Å². The maximum absolute atomic E-state index is 11.7. The van der Waals surface area contributed by atoms with Gasteiger partial charge in [0.25, 0.3) is 0 Å². The van der Waals surface area contributed by atoms with Crippen LogP contribution in [0.1, 0.15) is 30.6 Å². The van der Waals surface area contributed by atoms with Gasteiger partial charge in [0.05, 0.1) is 17.9 Å². The number of ether oxygens (including phenoxy) is 2.